The fraction of sp³-hybridized carbons (Fsp3) is 0.556. The third kappa shape index (κ3) is 5.69. The van der Waals surface area contributed by atoms with Crippen molar-refractivity contribution in [2.75, 3.05) is 19.7 Å². The molecule has 0 spiro atoms. The topological polar surface area (TPSA) is 82.2 Å². The quantitative estimate of drug-likeness (QED) is 0.621. The molecule has 3 N–H and O–H groups in total. The van der Waals surface area contributed by atoms with Crippen LogP contribution in [0.2, 0.25) is 0 Å². The van der Waals surface area contributed by atoms with Crippen molar-refractivity contribution in [2.24, 2.45) is 5.73 Å². The Hall–Kier alpha value is -1.56. The second-order valence-corrected chi connectivity index (χ2v) is 3.07. The first-order valence-electron chi connectivity index (χ1n) is 4.88. The standard InChI is InChI=1S/C9H16N4O2/c10-9(14)15-7-4-11-2-1-5-13-6-3-12-8-13/h3,6,8,11H,1-2,4-5,7H2,(H2,10,14). The van der Waals surface area contributed by atoms with Gasteiger partial charge in [0, 0.05) is 25.5 Å². The predicted molar refractivity (Wildman–Crippen MR) is 55.2 cm³/mol. The molecule has 6 heteroatoms. The molecule has 1 rings (SSSR count). The summed E-state index contributed by atoms with van der Waals surface area (Å²) in [5.41, 5.74) is 4.80. The molecule has 1 aromatic heterocycles. The minimum atomic E-state index is -0.727. The van der Waals surface area contributed by atoms with Crippen molar-refractivity contribution in [2.45, 2.75) is 13.0 Å². The molecule has 0 unspecified atom stereocenters. The Morgan fingerprint density at radius 2 is 2.40 bits per heavy atom. The molecule has 0 atom stereocenters. The van der Waals surface area contributed by atoms with Crippen molar-refractivity contribution in [3.63, 3.8) is 0 Å². The summed E-state index contributed by atoms with van der Waals surface area (Å²) >= 11 is 0. The highest BCUT2D eigenvalue weighted by molar-refractivity contribution is 5.64. The van der Waals surface area contributed by atoms with Gasteiger partial charge < -0.3 is 20.4 Å². The molecule has 0 aliphatic carbocycles. The highest BCUT2D eigenvalue weighted by atomic mass is 16.5. The van der Waals surface area contributed by atoms with Crippen molar-refractivity contribution in [1.82, 2.24) is 14.9 Å². The SMILES string of the molecule is NC(=O)OCCNCCCn1ccnc1. The van der Waals surface area contributed by atoms with Crippen molar-refractivity contribution in [1.29, 1.82) is 0 Å². The van der Waals surface area contributed by atoms with Crippen molar-refractivity contribution < 1.29 is 9.53 Å². The van der Waals surface area contributed by atoms with Crippen LogP contribution in [0.25, 0.3) is 0 Å². The molecule has 1 heterocycles. The van der Waals surface area contributed by atoms with Crippen LogP contribution in [0.5, 0.6) is 0 Å². The van der Waals surface area contributed by atoms with E-state index in [0.29, 0.717) is 13.2 Å². The summed E-state index contributed by atoms with van der Waals surface area (Å²) in [4.78, 5) is 14.1. The second kappa shape index (κ2) is 6.83. The zero-order valence-corrected chi connectivity index (χ0v) is 8.56. The number of aromatic nitrogens is 2. The summed E-state index contributed by atoms with van der Waals surface area (Å²) < 4.78 is 6.57. The number of nitrogens with zero attached hydrogens (tertiary/aromatic N) is 2. The summed E-state index contributed by atoms with van der Waals surface area (Å²) in [5, 5.41) is 3.14. The second-order valence-electron chi connectivity index (χ2n) is 3.07. The molecule has 0 aliphatic rings. The van der Waals surface area contributed by atoms with E-state index >= 15 is 0 Å². The lowest BCUT2D eigenvalue weighted by Gasteiger charge is -2.05. The fourth-order valence-electron chi connectivity index (χ4n) is 1.15. The van der Waals surface area contributed by atoms with Gasteiger partial charge in [-0.2, -0.15) is 0 Å². The number of nitrogens with one attached hydrogen (secondary N) is 1. The summed E-state index contributed by atoms with van der Waals surface area (Å²) in [5.74, 6) is 0. The van der Waals surface area contributed by atoms with E-state index in [4.69, 9.17) is 5.73 Å². The maximum absolute atomic E-state index is 10.2. The number of aryl methyl sites for hydroxylation is 1. The minimum absolute atomic E-state index is 0.320. The first-order valence-corrected chi connectivity index (χ1v) is 4.88. The van der Waals surface area contributed by atoms with E-state index in [0.717, 1.165) is 19.5 Å². The summed E-state index contributed by atoms with van der Waals surface area (Å²) in [6.45, 7) is 2.76. The zero-order chi connectivity index (χ0) is 10.9. The molecule has 0 saturated heterocycles. The molecular weight excluding hydrogens is 196 g/mol. The lowest BCUT2D eigenvalue weighted by molar-refractivity contribution is 0.157. The number of carbonyl (C=O) groups is 1. The monoisotopic (exact) mass is 212 g/mol. The van der Waals surface area contributed by atoms with Gasteiger partial charge in [0.25, 0.3) is 0 Å². The van der Waals surface area contributed by atoms with Crippen LogP contribution in [0.1, 0.15) is 6.42 Å². The van der Waals surface area contributed by atoms with Crippen LogP contribution in [0.15, 0.2) is 18.7 Å². The van der Waals surface area contributed by atoms with Crippen LogP contribution in [0.4, 0.5) is 4.79 Å². The van der Waals surface area contributed by atoms with Gasteiger partial charge in [-0.1, -0.05) is 0 Å². The maximum atomic E-state index is 10.2. The summed E-state index contributed by atoms with van der Waals surface area (Å²) in [7, 11) is 0. The lowest BCUT2D eigenvalue weighted by Crippen LogP contribution is -2.24. The van der Waals surface area contributed by atoms with Gasteiger partial charge in [0.05, 0.1) is 6.33 Å². The molecule has 0 bridgehead atoms. The third-order valence-corrected chi connectivity index (χ3v) is 1.85. The minimum Gasteiger partial charge on any atom is -0.448 e. The van der Waals surface area contributed by atoms with E-state index in [1.807, 2.05) is 10.8 Å². The molecule has 15 heavy (non-hydrogen) atoms. The lowest BCUT2D eigenvalue weighted by atomic mass is 10.4. The molecule has 0 aliphatic heterocycles. The van der Waals surface area contributed by atoms with Crippen molar-refractivity contribution in [3.05, 3.63) is 18.7 Å². The number of hydrogen-bond acceptors (Lipinski definition) is 4. The first kappa shape index (κ1) is 11.5. The molecular formula is C9H16N4O2. The van der Waals surface area contributed by atoms with E-state index in [9.17, 15) is 4.79 Å². The van der Waals surface area contributed by atoms with Crippen LogP contribution in [0, 0.1) is 0 Å². The van der Waals surface area contributed by atoms with Gasteiger partial charge in [0.2, 0.25) is 0 Å². The fourth-order valence-corrected chi connectivity index (χ4v) is 1.15. The van der Waals surface area contributed by atoms with Crippen LogP contribution < -0.4 is 11.1 Å². The Balaban J connectivity index is 1.87. The van der Waals surface area contributed by atoms with Gasteiger partial charge in [-0.3, -0.25) is 0 Å². The van der Waals surface area contributed by atoms with E-state index in [2.05, 4.69) is 15.0 Å². The van der Waals surface area contributed by atoms with Crippen LogP contribution in [-0.2, 0) is 11.3 Å². The average molecular weight is 212 g/mol. The van der Waals surface area contributed by atoms with Gasteiger partial charge in [0.1, 0.15) is 6.61 Å². The largest absolute Gasteiger partial charge is 0.448 e. The van der Waals surface area contributed by atoms with Crippen LogP contribution in [-0.4, -0.2) is 35.3 Å². The van der Waals surface area contributed by atoms with Crippen molar-refractivity contribution >= 4 is 6.09 Å². The van der Waals surface area contributed by atoms with Crippen LogP contribution >= 0.6 is 0 Å². The van der Waals surface area contributed by atoms with Gasteiger partial charge in [-0.15, -0.1) is 0 Å². The molecule has 0 radical (unpaired) electrons. The average Bonchev–Trinajstić information content (AvgIpc) is 2.68. The summed E-state index contributed by atoms with van der Waals surface area (Å²) in [6, 6.07) is 0. The highest BCUT2D eigenvalue weighted by Gasteiger charge is 1.93. The molecule has 0 aromatic carbocycles. The van der Waals surface area contributed by atoms with Crippen molar-refractivity contribution in [3.8, 4) is 0 Å². The molecule has 1 aromatic rings. The number of nitrogens with two attached hydrogens (primary N) is 1. The number of ether oxygens (including phenoxy) is 1. The highest BCUT2D eigenvalue weighted by Crippen LogP contribution is 1.88. The summed E-state index contributed by atoms with van der Waals surface area (Å²) in [6.07, 6.45) is 5.75. The number of rotatable bonds is 7. The van der Waals surface area contributed by atoms with E-state index in [1.165, 1.54) is 0 Å². The van der Waals surface area contributed by atoms with E-state index in [1.54, 1.807) is 12.5 Å². The Morgan fingerprint density at radius 3 is 3.07 bits per heavy atom. The van der Waals surface area contributed by atoms with E-state index in [-0.39, 0.29) is 0 Å². The number of primary amides is 1. The molecule has 0 fully saturated rings. The molecule has 0 saturated carbocycles. The van der Waals surface area contributed by atoms with Gasteiger partial charge in [0.15, 0.2) is 0 Å². The van der Waals surface area contributed by atoms with Gasteiger partial charge >= 0.3 is 6.09 Å². The maximum Gasteiger partial charge on any atom is 0.404 e. The molecule has 84 valence electrons. The number of amides is 1. The predicted octanol–water partition coefficient (Wildman–Crippen LogP) is -0.0419. The Morgan fingerprint density at radius 1 is 1.53 bits per heavy atom. The zero-order valence-electron chi connectivity index (χ0n) is 8.56. The Bertz CT molecular complexity index is 274. The number of carbonyl (C=O) groups excluding carboxylic acids is 1. The smallest absolute Gasteiger partial charge is 0.404 e. The third-order valence-electron chi connectivity index (χ3n) is 1.85. The number of hydrogen-bond donors (Lipinski definition) is 2. The Kier molecular flexibility index (Phi) is 5.24. The first-order chi connectivity index (χ1) is 7.29. The molecule has 1 amide bonds. The van der Waals surface area contributed by atoms with Gasteiger partial charge in [-0.25, -0.2) is 9.78 Å². The number of imidazole rings is 1. The van der Waals surface area contributed by atoms with Gasteiger partial charge in [-0.05, 0) is 13.0 Å². The van der Waals surface area contributed by atoms with Crippen LogP contribution in [0.3, 0.4) is 0 Å². The Labute approximate surface area is 88.4 Å². The molecule has 6 nitrogen and oxygen atoms in total. The normalized spacial score (nSPS) is 10.1. The van der Waals surface area contributed by atoms with E-state index < -0.39 is 6.09 Å².